The third-order valence-corrected chi connectivity index (χ3v) is 3.33. The molecule has 0 aromatic heterocycles. The molecule has 0 amide bonds. The van der Waals surface area contributed by atoms with Crippen molar-refractivity contribution in [2.45, 2.75) is 67.2 Å². The van der Waals surface area contributed by atoms with Crippen LogP contribution in [0.25, 0.3) is 0 Å². The molecule has 0 aromatic carbocycles. The van der Waals surface area contributed by atoms with E-state index in [1.165, 1.54) is 12.8 Å². The summed E-state index contributed by atoms with van der Waals surface area (Å²) < 4.78 is 0. The summed E-state index contributed by atoms with van der Waals surface area (Å²) in [7, 11) is 0. The molecule has 1 heteroatoms. The third-order valence-electron chi connectivity index (χ3n) is 3.33. The van der Waals surface area contributed by atoms with Gasteiger partial charge in [-0.25, -0.2) is 0 Å². The van der Waals surface area contributed by atoms with Gasteiger partial charge in [0.1, 0.15) is 5.78 Å². The molecule has 0 fully saturated rings. The zero-order valence-corrected chi connectivity index (χ0v) is 12.0. The minimum Gasteiger partial charge on any atom is -0.299 e. The van der Waals surface area contributed by atoms with Gasteiger partial charge in [0.2, 0.25) is 0 Å². The first-order valence-electron chi connectivity index (χ1n) is 6.88. The molecule has 0 radical (unpaired) electrons. The maximum absolute atomic E-state index is 12.1. The van der Waals surface area contributed by atoms with Gasteiger partial charge in [-0.1, -0.05) is 54.4 Å². The molecule has 0 heterocycles. The lowest BCUT2D eigenvalue weighted by Crippen LogP contribution is -2.20. The molecule has 0 bridgehead atoms. The van der Waals surface area contributed by atoms with E-state index >= 15 is 0 Å². The average Bonchev–Trinajstić information content (AvgIpc) is 2.21. The minimum absolute atomic E-state index is 0.254. The molecule has 0 saturated carbocycles. The second kappa shape index (κ2) is 7.86. The third kappa shape index (κ3) is 7.03. The first kappa shape index (κ1) is 15.7. The van der Waals surface area contributed by atoms with Gasteiger partial charge in [0.25, 0.3) is 0 Å². The van der Waals surface area contributed by atoms with Gasteiger partial charge in [-0.05, 0) is 24.7 Å². The highest BCUT2D eigenvalue weighted by molar-refractivity contribution is 5.82. The van der Waals surface area contributed by atoms with Gasteiger partial charge >= 0.3 is 0 Å². The second-order valence-corrected chi connectivity index (χ2v) is 6.15. The Balaban J connectivity index is 3.91. The molecular formula is C15H30O. The average molecular weight is 226 g/mol. The van der Waals surface area contributed by atoms with Crippen LogP contribution in [0.3, 0.4) is 0 Å². The summed E-state index contributed by atoms with van der Waals surface area (Å²) in [4.78, 5) is 12.1. The maximum Gasteiger partial charge on any atom is 0.138 e. The summed E-state index contributed by atoms with van der Waals surface area (Å²) in [5.41, 5.74) is 0. The molecule has 2 atom stereocenters. The van der Waals surface area contributed by atoms with E-state index in [0.717, 1.165) is 12.8 Å². The number of Topliss-reactive ketones (excluding diaryl/α,β-unsaturated/α-hetero) is 1. The van der Waals surface area contributed by atoms with Gasteiger partial charge in [0, 0.05) is 11.8 Å². The summed E-state index contributed by atoms with van der Waals surface area (Å²) in [5, 5.41) is 0. The van der Waals surface area contributed by atoms with E-state index < -0.39 is 0 Å². The van der Waals surface area contributed by atoms with Crippen molar-refractivity contribution in [3.8, 4) is 0 Å². The van der Waals surface area contributed by atoms with Crippen LogP contribution in [0.4, 0.5) is 0 Å². The zero-order valence-electron chi connectivity index (χ0n) is 12.0. The molecule has 2 unspecified atom stereocenters. The van der Waals surface area contributed by atoms with Crippen LogP contribution < -0.4 is 0 Å². The van der Waals surface area contributed by atoms with Crippen molar-refractivity contribution >= 4 is 5.78 Å². The van der Waals surface area contributed by atoms with Gasteiger partial charge in [-0.15, -0.1) is 0 Å². The van der Waals surface area contributed by atoms with Crippen molar-refractivity contribution in [3.05, 3.63) is 0 Å². The number of hydrogen-bond donors (Lipinski definition) is 0. The van der Waals surface area contributed by atoms with E-state index in [0.29, 0.717) is 17.6 Å². The van der Waals surface area contributed by atoms with Gasteiger partial charge in [-0.3, -0.25) is 4.79 Å². The Hall–Kier alpha value is -0.330. The fourth-order valence-corrected chi connectivity index (χ4v) is 1.94. The van der Waals surface area contributed by atoms with E-state index in [1.54, 1.807) is 0 Å². The van der Waals surface area contributed by atoms with Gasteiger partial charge in [-0.2, -0.15) is 0 Å². The van der Waals surface area contributed by atoms with Crippen molar-refractivity contribution in [2.24, 2.45) is 23.7 Å². The highest BCUT2D eigenvalue weighted by atomic mass is 16.1. The molecule has 0 N–H and O–H groups in total. The van der Waals surface area contributed by atoms with Gasteiger partial charge < -0.3 is 0 Å². The van der Waals surface area contributed by atoms with Crippen LogP contribution in [0, 0.1) is 23.7 Å². The summed E-state index contributed by atoms with van der Waals surface area (Å²) in [6.07, 6.45) is 4.46. The summed E-state index contributed by atoms with van der Waals surface area (Å²) >= 11 is 0. The standard InChI is InChI=1S/C15H30O/c1-11(2)7-9-13(5)15(16)14(6)10-8-12(3)4/h11-14H,7-10H2,1-6H3. The molecule has 96 valence electrons. The fraction of sp³-hybridized carbons (Fsp3) is 0.933. The zero-order chi connectivity index (χ0) is 12.7. The molecule has 0 aromatic rings. The molecule has 0 aliphatic rings. The van der Waals surface area contributed by atoms with Crippen LogP contribution in [0.15, 0.2) is 0 Å². The van der Waals surface area contributed by atoms with Crippen molar-refractivity contribution in [1.82, 2.24) is 0 Å². The fourth-order valence-electron chi connectivity index (χ4n) is 1.94. The van der Waals surface area contributed by atoms with Gasteiger partial charge in [0.15, 0.2) is 0 Å². The van der Waals surface area contributed by atoms with Crippen LogP contribution in [0.1, 0.15) is 67.2 Å². The van der Waals surface area contributed by atoms with Crippen molar-refractivity contribution in [1.29, 1.82) is 0 Å². The summed E-state index contributed by atoms with van der Waals surface area (Å²) in [6.45, 7) is 13.1. The van der Waals surface area contributed by atoms with Crippen molar-refractivity contribution < 1.29 is 4.79 Å². The molecule has 0 rings (SSSR count). The monoisotopic (exact) mass is 226 g/mol. The van der Waals surface area contributed by atoms with E-state index in [9.17, 15) is 4.79 Å². The lowest BCUT2D eigenvalue weighted by Gasteiger charge is -2.17. The Kier molecular flexibility index (Phi) is 7.70. The van der Waals surface area contributed by atoms with E-state index in [2.05, 4.69) is 41.5 Å². The topological polar surface area (TPSA) is 17.1 Å². The van der Waals surface area contributed by atoms with E-state index in [1.807, 2.05) is 0 Å². The summed E-state index contributed by atoms with van der Waals surface area (Å²) in [6, 6.07) is 0. The predicted molar refractivity (Wildman–Crippen MR) is 71.5 cm³/mol. The number of carbonyl (C=O) groups is 1. The SMILES string of the molecule is CC(C)CCC(C)C(=O)C(C)CCC(C)C. The first-order chi connectivity index (χ1) is 7.34. The Morgan fingerprint density at radius 3 is 1.25 bits per heavy atom. The lowest BCUT2D eigenvalue weighted by molar-refractivity contribution is -0.126. The van der Waals surface area contributed by atoms with Crippen LogP contribution >= 0.6 is 0 Å². The van der Waals surface area contributed by atoms with Crippen molar-refractivity contribution in [3.63, 3.8) is 0 Å². The van der Waals surface area contributed by atoms with Crippen LogP contribution in [-0.2, 0) is 4.79 Å². The number of rotatable bonds is 8. The number of hydrogen-bond acceptors (Lipinski definition) is 1. The number of carbonyl (C=O) groups excluding carboxylic acids is 1. The Morgan fingerprint density at radius 2 is 1.00 bits per heavy atom. The maximum atomic E-state index is 12.1. The van der Waals surface area contributed by atoms with Crippen LogP contribution in [0.2, 0.25) is 0 Å². The van der Waals surface area contributed by atoms with Crippen LogP contribution in [0.5, 0.6) is 0 Å². The second-order valence-electron chi connectivity index (χ2n) is 6.15. The Morgan fingerprint density at radius 1 is 0.688 bits per heavy atom. The van der Waals surface area contributed by atoms with E-state index in [-0.39, 0.29) is 11.8 Å². The van der Waals surface area contributed by atoms with Crippen molar-refractivity contribution in [2.75, 3.05) is 0 Å². The van der Waals surface area contributed by atoms with Gasteiger partial charge in [0.05, 0.1) is 0 Å². The molecule has 0 spiro atoms. The molecule has 0 saturated heterocycles. The summed E-state index contributed by atoms with van der Waals surface area (Å²) in [5.74, 6) is 2.40. The first-order valence-corrected chi connectivity index (χ1v) is 6.88. The minimum atomic E-state index is 0.254. The largest absolute Gasteiger partial charge is 0.299 e. The normalized spacial score (nSPS) is 15.5. The predicted octanol–water partition coefficient (Wildman–Crippen LogP) is 4.70. The molecule has 0 aliphatic heterocycles. The molecular weight excluding hydrogens is 196 g/mol. The molecule has 1 nitrogen and oxygen atoms in total. The number of ketones is 1. The Bertz CT molecular complexity index is 174. The quantitative estimate of drug-likeness (QED) is 0.586. The lowest BCUT2D eigenvalue weighted by atomic mass is 9.86. The smallest absolute Gasteiger partial charge is 0.138 e. The van der Waals surface area contributed by atoms with E-state index in [4.69, 9.17) is 0 Å². The molecule has 16 heavy (non-hydrogen) atoms. The highest BCUT2D eigenvalue weighted by Gasteiger charge is 2.19. The highest BCUT2D eigenvalue weighted by Crippen LogP contribution is 2.20. The van der Waals surface area contributed by atoms with Crippen LogP contribution in [-0.4, -0.2) is 5.78 Å². The Labute approximate surface area is 102 Å². The molecule has 0 aliphatic carbocycles.